The lowest BCUT2D eigenvalue weighted by molar-refractivity contribution is 0.0943. The second kappa shape index (κ2) is 9.57. The third-order valence-electron chi connectivity index (χ3n) is 3.55. The normalized spacial score (nSPS) is 10.3. The molecule has 0 atom stereocenters. The van der Waals surface area contributed by atoms with Gasteiger partial charge < -0.3 is 24.8 Å². The molecule has 0 bridgehead atoms. The highest BCUT2D eigenvalue weighted by molar-refractivity contribution is 5.92. The third-order valence-corrected chi connectivity index (χ3v) is 3.55. The zero-order chi connectivity index (χ0) is 18.9. The van der Waals surface area contributed by atoms with Crippen molar-refractivity contribution in [1.29, 1.82) is 0 Å². The van der Waals surface area contributed by atoms with Crippen molar-refractivity contribution >= 4 is 17.5 Å². The van der Waals surface area contributed by atoms with Gasteiger partial charge in [-0.2, -0.15) is 0 Å². The molecule has 0 spiro atoms. The number of carbonyl (C=O) groups is 1. The van der Waals surface area contributed by atoms with E-state index in [1.54, 1.807) is 52.5 Å². The molecular formula is C18H24N4O4. The van der Waals surface area contributed by atoms with E-state index in [1.807, 2.05) is 0 Å². The van der Waals surface area contributed by atoms with Crippen molar-refractivity contribution in [1.82, 2.24) is 15.3 Å². The van der Waals surface area contributed by atoms with Crippen molar-refractivity contribution in [3.8, 4) is 11.5 Å². The van der Waals surface area contributed by atoms with Crippen molar-refractivity contribution in [2.75, 3.05) is 39.8 Å². The van der Waals surface area contributed by atoms with E-state index in [-0.39, 0.29) is 5.91 Å². The van der Waals surface area contributed by atoms with Crippen molar-refractivity contribution in [2.24, 2.45) is 0 Å². The zero-order valence-corrected chi connectivity index (χ0v) is 15.5. The molecule has 0 aliphatic heterocycles. The summed E-state index contributed by atoms with van der Waals surface area (Å²) in [4.78, 5) is 20.9. The molecule has 140 valence electrons. The molecule has 26 heavy (non-hydrogen) atoms. The van der Waals surface area contributed by atoms with E-state index < -0.39 is 0 Å². The number of ether oxygens (including phenoxy) is 3. The summed E-state index contributed by atoms with van der Waals surface area (Å²) in [5.41, 5.74) is 1.65. The van der Waals surface area contributed by atoms with E-state index >= 15 is 0 Å². The summed E-state index contributed by atoms with van der Waals surface area (Å²) in [6.07, 6.45) is 0.737. The molecule has 0 fully saturated rings. The lowest BCUT2D eigenvalue weighted by atomic mass is 10.2. The molecule has 2 N–H and O–H groups in total. The molecule has 8 heteroatoms. The molecule has 0 aliphatic rings. The van der Waals surface area contributed by atoms with Gasteiger partial charge in [0.25, 0.3) is 5.91 Å². The molecule has 2 rings (SSSR count). The van der Waals surface area contributed by atoms with Gasteiger partial charge in [-0.25, -0.2) is 9.97 Å². The number of hydrogen-bond donors (Lipinski definition) is 2. The largest absolute Gasteiger partial charge is 0.497 e. The maximum absolute atomic E-state index is 12.3. The van der Waals surface area contributed by atoms with Gasteiger partial charge in [-0.1, -0.05) is 0 Å². The molecule has 1 amide bonds. The fourth-order valence-electron chi connectivity index (χ4n) is 2.27. The van der Waals surface area contributed by atoms with E-state index in [2.05, 4.69) is 20.6 Å². The first-order chi connectivity index (χ1) is 12.6. The highest BCUT2D eigenvalue weighted by Gasteiger charge is 2.12. The molecule has 1 aromatic heterocycles. The van der Waals surface area contributed by atoms with Gasteiger partial charge in [-0.3, -0.25) is 4.79 Å². The molecule has 1 heterocycles. The van der Waals surface area contributed by atoms with Gasteiger partial charge in [0.05, 0.1) is 19.9 Å². The number of methoxy groups -OCH3 is 3. The minimum Gasteiger partial charge on any atom is -0.497 e. The zero-order valence-electron chi connectivity index (χ0n) is 15.5. The van der Waals surface area contributed by atoms with Crippen LogP contribution in [0.1, 0.15) is 22.6 Å². The summed E-state index contributed by atoms with van der Waals surface area (Å²) in [5.74, 6) is 1.32. The number of nitrogens with one attached hydrogen (secondary N) is 2. The predicted octanol–water partition coefficient (Wildman–Crippen LogP) is 2.31. The highest BCUT2D eigenvalue weighted by atomic mass is 16.5. The Balaban J connectivity index is 2.15. The monoisotopic (exact) mass is 360 g/mol. The lowest BCUT2D eigenvalue weighted by Crippen LogP contribution is -2.26. The molecule has 0 unspecified atom stereocenters. The van der Waals surface area contributed by atoms with E-state index in [0.29, 0.717) is 47.7 Å². The van der Waals surface area contributed by atoms with Crippen LogP contribution in [0.2, 0.25) is 0 Å². The van der Waals surface area contributed by atoms with Crippen LogP contribution in [-0.4, -0.2) is 50.4 Å². The smallest absolute Gasteiger partial charge is 0.270 e. The minimum atomic E-state index is -0.253. The molecule has 8 nitrogen and oxygen atoms in total. The number of aromatic nitrogens is 2. The molecule has 0 saturated carbocycles. The quantitative estimate of drug-likeness (QED) is 0.663. The number of amides is 1. The van der Waals surface area contributed by atoms with Crippen LogP contribution in [-0.2, 0) is 4.74 Å². The maximum atomic E-state index is 12.3. The summed E-state index contributed by atoms with van der Waals surface area (Å²) in [6.45, 7) is 2.91. The minimum absolute atomic E-state index is 0.253. The van der Waals surface area contributed by atoms with Crippen molar-refractivity contribution in [2.45, 2.75) is 13.3 Å². The van der Waals surface area contributed by atoms with Crippen LogP contribution >= 0.6 is 0 Å². The average molecular weight is 360 g/mol. The molecule has 0 saturated heterocycles. The number of hydrogen-bond acceptors (Lipinski definition) is 7. The van der Waals surface area contributed by atoms with Gasteiger partial charge in [0.2, 0.25) is 5.95 Å². The topological polar surface area (TPSA) is 94.6 Å². The maximum Gasteiger partial charge on any atom is 0.270 e. The second-order valence-corrected chi connectivity index (χ2v) is 5.51. The Kier molecular flexibility index (Phi) is 7.16. The van der Waals surface area contributed by atoms with Crippen LogP contribution in [0, 0.1) is 6.92 Å². The number of anilines is 2. The van der Waals surface area contributed by atoms with Crippen LogP contribution < -0.4 is 20.1 Å². The molecule has 0 aliphatic carbocycles. The average Bonchev–Trinajstić information content (AvgIpc) is 2.65. The molecule has 0 radical (unpaired) electrons. The van der Waals surface area contributed by atoms with Crippen LogP contribution in [0.4, 0.5) is 11.6 Å². The van der Waals surface area contributed by atoms with E-state index in [4.69, 9.17) is 14.2 Å². The summed E-state index contributed by atoms with van der Waals surface area (Å²) in [7, 11) is 4.78. The Labute approximate surface area is 152 Å². The summed E-state index contributed by atoms with van der Waals surface area (Å²) in [5, 5.41) is 5.90. The summed E-state index contributed by atoms with van der Waals surface area (Å²) in [6, 6.07) is 6.99. The van der Waals surface area contributed by atoms with E-state index in [0.717, 1.165) is 6.42 Å². The predicted molar refractivity (Wildman–Crippen MR) is 98.4 cm³/mol. The Morgan fingerprint density at radius 1 is 1.12 bits per heavy atom. The van der Waals surface area contributed by atoms with Crippen LogP contribution in [0.5, 0.6) is 11.5 Å². The fraction of sp³-hybridized carbons (Fsp3) is 0.389. The Bertz CT molecular complexity index is 752. The number of benzene rings is 1. The van der Waals surface area contributed by atoms with Crippen LogP contribution in [0.3, 0.4) is 0 Å². The van der Waals surface area contributed by atoms with E-state index in [9.17, 15) is 4.79 Å². The Hall–Kier alpha value is -2.87. The molecule has 2 aromatic rings. The summed E-state index contributed by atoms with van der Waals surface area (Å²) >= 11 is 0. The highest BCUT2D eigenvalue weighted by Crippen LogP contribution is 2.30. The van der Waals surface area contributed by atoms with Crippen LogP contribution in [0.15, 0.2) is 24.3 Å². The first-order valence-corrected chi connectivity index (χ1v) is 8.19. The van der Waals surface area contributed by atoms with E-state index in [1.165, 1.54) is 0 Å². The van der Waals surface area contributed by atoms with Crippen molar-refractivity contribution in [3.05, 3.63) is 35.7 Å². The molecular weight excluding hydrogens is 336 g/mol. The Morgan fingerprint density at radius 3 is 2.62 bits per heavy atom. The first kappa shape index (κ1) is 19.5. The number of carbonyl (C=O) groups excluding carboxylic acids is 1. The lowest BCUT2D eigenvalue weighted by Gasteiger charge is -2.12. The second-order valence-electron chi connectivity index (χ2n) is 5.51. The first-order valence-electron chi connectivity index (χ1n) is 8.19. The number of rotatable bonds is 9. The Morgan fingerprint density at radius 2 is 1.92 bits per heavy atom. The number of aryl methyl sites for hydroxylation is 1. The van der Waals surface area contributed by atoms with Crippen LogP contribution in [0.25, 0.3) is 0 Å². The van der Waals surface area contributed by atoms with Gasteiger partial charge in [0.15, 0.2) is 0 Å². The molecule has 1 aromatic carbocycles. The van der Waals surface area contributed by atoms with Gasteiger partial charge >= 0.3 is 0 Å². The van der Waals surface area contributed by atoms with Gasteiger partial charge in [-0.05, 0) is 31.5 Å². The van der Waals surface area contributed by atoms with Crippen molar-refractivity contribution < 1.29 is 19.0 Å². The van der Waals surface area contributed by atoms with Gasteiger partial charge in [0, 0.05) is 32.0 Å². The SMILES string of the molecule is COCCCNC(=O)c1cc(C)nc(Nc2ccc(OC)cc2OC)n1. The standard InChI is InChI=1S/C18H24N4O4/c1-12-10-15(17(23)19-8-5-9-24-2)22-18(20-12)21-14-7-6-13(25-3)11-16(14)26-4/h6-7,10-11H,5,8-9H2,1-4H3,(H,19,23)(H,20,21,22). The third kappa shape index (κ3) is 5.32. The van der Waals surface area contributed by atoms with Crippen molar-refractivity contribution in [3.63, 3.8) is 0 Å². The summed E-state index contributed by atoms with van der Waals surface area (Å²) < 4.78 is 15.5. The van der Waals surface area contributed by atoms with Gasteiger partial charge in [0.1, 0.15) is 17.2 Å². The fourth-order valence-corrected chi connectivity index (χ4v) is 2.27. The van der Waals surface area contributed by atoms with Gasteiger partial charge in [-0.15, -0.1) is 0 Å². The number of nitrogens with zero attached hydrogens (tertiary/aromatic N) is 2.